The molecule has 0 radical (unpaired) electrons. The molecule has 1 rings (SSSR count). The summed E-state index contributed by atoms with van der Waals surface area (Å²) in [6.45, 7) is 1.19. The fourth-order valence-electron chi connectivity index (χ4n) is 0.775. The van der Waals surface area contributed by atoms with E-state index >= 15 is 0 Å². The summed E-state index contributed by atoms with van der Waals surface area (Å²) in [5, 5.41) is 0. The molecule has 0 fully saturated rings. The van der Waals surface area contributed by atoms with Crippen molar-refractivity contribution in [1.82, 2.24) is 0 Å². The molecule has 1 aromatic rings. The first-order chi connectivity index (χ1) is 6.09. The monoisotopic (exact) mass is 242 g/mol. The summed E-state index contributed by atoms with van der Waals surface area (Å²) < 4.78 is 5.25. The molecule has 0 N–H and O–H groups in total. The zero-order chi connectivity index (χ0) is 9.84. The summed E-state index contributed by atoms with van der Waals surface area (Å²) in [7, 11) is 0. The van der Waals surface area contributed by atoms with E-state index in [1.54, 1.807) is 24.3 Å². The first-order valence-electron chi connectivity index (χ1n) is 3.58. The topological polar surface area (TPSA) is 43.4 Å². The molecule has 0 unspecified atom stereocenters. The highest BCUT2D eigenvalue weighted by molar-refractivity contribution is 9.10. The van der Waals surface area contributed by atoms with Crippen molar-refractivity contribution in [1.29, 1.82) is 0 Å². The van der Waals surface area contributed by atoms with Gasteiger partial charge in [-0.25, -0.2) is 4.79 Å². The van der Waals surface area contributed by atoms with E-state index in [2.05, 4.69) is 20.7 Å². The fraction of sp³-hybridized carbons (Fsp3) is 0.111. The highest BCUT2D eigenvalue weighted by atomic mass is 79.9. The fourth-order valence-corrected chi connectivity index (χ4v) is 1.04. The van der Waals surface area contributed by atoms with Gasteiger partial charge in [0.25, 0.3) is 0 Å². The van der Waals surface area contributed by atoms with E-state index in [-0.39, 0.29) is 0 Å². The normalized spacial score (nSPS) is 9.38. The van der Waals surface area contributed by atoms with Crippen LogP contribution in [0.1, 0.15) is 17.3 Å². The molecule has 0 atom stereocenters. The maximum Gasteiger partial charge on any atom is 0.345 e. The molecule has 0 saturated carbocycles. The van der Waals surface area contributed by atoms with Crippen molar-refractivity contribution in [3.8, 4) is 0 Å². The first kappa shape index (κ1) is 9.92. The third kappa shape index (κ3) is 2.99. The van der Waals surface area contributed by atoms with Gasteiger partial charge in [0.2, 0.25) is 0 Å². The molecule has 0 aliphatic heterocycles. The molecular formula is C9H7BrO3. The van der Waals surface area contributed by atoms with E-state index < -0.39 is 11.9 Å². The number of hydrogen-bond donors (Lipinski definition) is 0. The summed E-state index contributed by atoms with van der Waals surface area (Å²) in [5.41, 5.74) is 0.360. The van der Waals surface area contributed by atoms with Gasteiger partial charge < -0.3 is 4.74 Å². The van der Waals surface area contributed by atoms with Crippen molar-refractivity contribution in [2.24, 2.45) is 0 Å². The molecule has 0 bridgehead atoms. The number of benzene rings is 1. The van der Waals surface area contributed by atoms with Crippen LogP contribution in [0.5, 0.6) is 0 Å². The Morgan fingerprint density at radius 1 is 1.23 bits per heavy atom. The number of rotatable bonds is 1. The van der Waals surface area contributed by atoms with Crippen LogP contribution in [-0.2, 0) is 9.53 Å². The van der Waals surface area contributed by atoms with Gasteiger partial charge in [-0.3, -0.25) is 4.79 Å². The number of halogens is 1. The van der Waals surface area contributed by atoms with Crippen LogP contribution in [-0.4, -0.2) is 11.9 Å². The Hall–Kier alpha value is -1.16. The minimum absolute atomic E-state index is 0.360. The number of esters is 2. The highest BCUT2D eigenvalue weighted by Crippen LogP contribution is 2.11. The van der Waals surface area contributed by atoms with Gasteiger partial charge in [0, 0.05) is 11.4 Å². The van der Waals surface area contributed by atoms with Crippen LogP contribution in [0.4, 0.5) is 0 Å². The van der Waals surface area contributed by atoms with Crippen molar-refractivity contribution in [3.63, 3.8) is 0 Å². The molecule has 3 nitrogen and oxygen atoms in total. The maximum atomic E-state index is 11.1. The lowest BCUT2D eigenvalue weighted by Gasteiger charge is -1.99. The maximum absolute atomic E-state index is 11.1. The molecule has 0 saturated heterocycles. The van der Waals surface area contributed by atoms with Gasteiger partial charge in [0.05, 0.1) is 5.56 Å². The molecule has 0 aliphatic rings. The van der Waals surface area contributed by atoms with Crippen LogP contribution < -0.4 is 0 Å². The molecular weight excluding hydrogens is 236 g/mol. The Morgan fingerprint density at radius 3 is 2.23 bits per heavy atom. The van der Waals surface area contributed by atoms with E-state index in [0.717, 1.165) is 4.47 Å². The van der Waals surface area contributed by atoms with E-state index in [4.69, 9.17) is 0 Å². The quantitative estimate of drug-likeness (QED) is 0.560. The van der Waals surface area contributed by atoms with Gasteiger partial charge in [0.1, 0.15) is 0 Å². The third-order valence-corrected chi connectivity index (χ3v) is 1.85. The SMILES string of the molecule is CC(=O)OC(=O)c1ccc(Br)cc1. The lowest BCUT2D eigenvalue weighted by molar-refractivity contribution is -0.135. The minimum atomic E-state index is -0.625. The van der Waals surface area contributed by atoms with Crippen molar-refractivity contribution in [2.75, 3.05) is 0 Å². The standard InChI is InChI=1S/C9H7BrO3/c1-6(11)13-9(12)7-2-4-8(10)5-3-7/h2-5H,1H3. The van der Waals surface area contributed by atoms with Gasteiger partial charge in [-0.15, -0.1) is 0 Å². The third-order valence-electron chi connectivity index (χ3n) is 1.32. The van der Waals surface area contributed by atoms with Gasteiger partial charge in [-0.2, -0.15) is 0 Å². The second-order valence-electron chi connectivity index (χ2n) is 2.39. The van der Waals surface area contributed by atoms with Crippen LogP contribution in [0, 0.1) is 0 Å². The Morgan fingerprint density at radius 2 is 1.77 bits per heavy atom. The summed E-state index contributed by atoms with van der Waals surface area (Å²) in [6.07, 6.45) is 0. The average Bonchev–Trinajstić information content (AvgIpc) is 2.04. The average molecular weight is 243 g/mol. The number of ether oxygens (including phenoxy) is 1. The highest BCUT2D eigenvalue weighted by Gasteiger charge is 2.08. The van der Waals surface area contributed by atoms with Crippen LogP contribution in [0.25, 0.3) is 0 Å². The number of carbonyl (C=O) groups excluding carboxylic acids is 2. The van der Waals surface area contributed by atoms with E-state index in [9.17, 15) is 9.59 Å². The molecule has 4 heteroatoms. The second kappa shape index (κ2) is 4.18. The van der Waals surface area contributed by atoms with Gasteiger partial charge in [0.15, 0.2) is 0 Å². The van der Waals surface area contributed by atoms with Gasteiger partial charge >= 0.3 is 11.9 Å². The molecule has 0 aliphatic carbocycles. The van der Waals surface area contributed by atoms with Crippen molar-refractivity contribution in [3.05, 3.63) is 34.3 Å². The summed E-state index contributed by atoms with van der Waals surface area (Å²) in [6, 6.07) is 6.57. The molecule has 0 aromatic heterocycles. The zero-order valence-corrected chi connectivity index (χ0v) is 8.50. The molecule has 1 aromatic carbocycles. The Kier molecular flexibility index (Phi) is 3.19. The van der Waals surface area contributed by atoms with Gasteiger partial charge in [-0.05, 0) is 24.3 Å². The van der Waals surface area contributed by atoms with E-state index in [1.165, 1.54) is 6.92 Å². The lowest BCUT2D eigenvalue weighted by atomic mass is 10.2. The van der Waals surface area contributed by atoms with Crippen LogP contribution >= 0.6 is 15.9 Å². The second-order valence-corrected chi connectivity index (χ2v) is 3.30. The molecule has 0 amide bonds. The Balaban J connectivity index is 2.78. The number of hydrogen-bond acceptors (Lipinski definition) is 3. The molecule has 13 heavy (non-hydrogen) atoms. The lowest BCUT2D eigenvalue weighted by Crippen LogP contribution is -2.08. The van der Waals surface area contributed by atoms with Crippen LogP contribution in [0.3, 0.4) is 0 Å². The van der Waals surface area contributed by atoms with Crippen LogP contribution in [0.15, 0.2) is 28.7 Å². The summed E-state index contributed by atoms with van der Waals surface area (Å²) >= 11 is 3.23. The Labute approximate surface area is 83.8 Å². The van der Waals surface area contributed by atoms with Crippen LogP contribution in [0.2, 0.25) is 0 Å². The smallest absolute Gasteiger partial charge is 0.345 e. The predicted octanol–water partition coefficient (Wildman–Crippen LogP) is 2.15. The largest absolute Gasteiger partial charge is 0.390 e. The predicted molar refractivity (Wildman–Crippen MR) is 50.2 cm³/mol. The van der Waals surface area contributed by atoms with Crippen molar-refractivity contribution < 1.29 is 14.3 Å². The molecule has 0 spiro atoms. The van der Waals surface area contributed by atoms with Gasteiger partial charge in [-0.1, -0.05) is 15.9 Å². The van der Waals surface area contributed by atoms with E-state index in [1.807, 2.05) is 0 Å². The van der Waals surface area contributed by atoms with Crippen molar-refractivity contribution >= 4 is 27.9 Å². The summed E-state index contributed by atoms with van der Waals surface area (Å²) in [4.78, 5) is 21.6. The minimum Gasteiger partial charge on any atom is -0.390 e. The van der Waals surface area contributed by atoms with Crippen molar-refractivity contribution in [2.45, 2.75) is 6.92 Å². The first-order valence-corrected chi connectivity index (χ1v) is 4.37. The summed E-state index contributed by atoms with van der Waals surface area (Å²) in [5.74, 6) is -1.23. The zero-order valence-electron chi connectivity index (χ0n) is 6.91. The number of carbonyl (C=O) groups is 2. The molecule has 0 heterocycles. The van der Waals surface area contributed by atoms with E-state index in [0.29, 0.717) is 5.56 Å². The molecule has 68 valence electrons. The Bertz CT molecular complexity index is 329.